The van der Waals surface area contributed by atoms with E-state index in [4.69, 9.17) is 25.4 Å². The maximum absolute atomic E-state index is 9.91. The SMILES string of the molecule is Cl.NCC(O)C(O)C(O[C@@H]1O[C@H](CO)[C@H](O)[C@H](O)[C@H]1O)C(O)CO. The normalized spacial score (nSPS) is 35.6. The number of hydrogen-bond acceptors (Lipinski definition) is 11. The minimum atomic E-state index is -1.76. The highest BCUT2D eigenvalue weighted by Crippen LogP contribution is 2.24. The summed E-state index contributed by atoms with van der Waals surface area (Å²) in [6.45, 7) is -1.89. The summed E-state index contributed by atoms with van der Waals surface area (Å²) >= 11 is 0. The van der Waals surface area contributed by atoms with Gasteiger partial charge in [-0.2, -0.15) is 0 Å². The van der Waals surface area contributed by atoms with Crippen molar-refractivity contribution in [3.8, 4) is 0 Å². The molecule has 0 aliphatic carbocycles. The number of ether oxygens (including phenoxy) is 2. The van der Waals surface area contributed by atoms with Gasteiger partial charge >= 0.3 is 0 Å². The Morgan fingerprint density at radius 1 is 0.958 bits per heavy atom. The van der Waals surface area contributed by atoms with Crippen LogP contribution in [0.5, 0.6) is 0 Å². The fraction of sp³-hybridized carbons (Fsp3) is 1.00. The molecule has 24 heavy (non-hydrogen) atoms. The smallest absolute Gasteiger partial charge is 0.187 e. The molecule has 1 aliphatic rings. The number of aliphatic hydroxyl groups excluding tert-OH is 8. The third-order valence-corrected chi connectivity index (χ3v) is 3.68. The maximum atomic E-state index is 9.91. The Labute approximate surface area is 144 Å². The van der Waals surface area contributed by atoms with Crippen LogP contribution in [0.15, 0.2) is 0 Å². The summed E-state index contributed by atoms with van der Waals surface area (Å²) in [5.74, 6) is 0. The summed E-state index contributed by atoms with van der Waals surface area (Å²) in [7, 11) is 0. The van der Waals surface area contributed by atoms with Crippen molar-refractivity contribution in [1.82, 2.24) is 0 Å². The average Bonchev–Trinajstić information content (AvgIpc) is 2.57. The minimum absolute atomic E-state index is 0. The monoisotopic (exact) mass is 379 g/mol. The van der Waals surface area contributed by atoms with Gasteiger partial charge in [-0.1, -0.05) is 0 Å². The Balaban J connectivity index is 0.00000529. The third kappa shape index (κ3) is 5.42. The molecule has 0 saturated carbocycles. The van der Waals surface area contributed by atoms with Crippen LogP contribution in [-0.2, 0) is 9.47 Å². The highest BCUT2D eigenvalue weighted by molar-refractivity contribution is 5.85. The van der Waals surface area contributed by atoms with Crippen LogP contribution in [-0.4, -0.2) is 116 Å². The van der Waals surface area contributed by atoms with Crippen molar-refractivity contribution >= 4 is 12.4 Å². The van der Waals surface area contributed by atoms with Gasteiger partial charge in [-0.3, -0.25) is 0 Å². The van der Waals surface area contributed by atoms with Crippen LogP contribution in [0.25, 0.3) is 0 Å². The molecule has 0 bridgehead atoms. The second-order valence-electron chi connectivity index (χ2n) is 5.34. The van der Waals surface area contributed by atoms with Gasteiger partial charge in [0.25, 0.3) is 0 Å². The van der Waals surface area contributed by atoms with E-state index >= 15 is 0 Å². The molecule has 0 aromatic rings. The Kier molecular flexibility index (Phi) is 10.7. The molecular formula is C12H26ClNO10. The fourth-order valence-corrected chi connectivity index (χ4v) is 2.20. The summed E-state index contributed by atoms with van der Waals surface area (Å²) < 4.78 is 10.2. The summed E-state index contributed by atoms with van der Waals surface area (Å²) in [5, 5.41) is 76.4. The molecular weight excluding hydrogens is 354 g/mol. The van der Waals surface area contributed by atoms with Crippen LogP contribution in [0.4, 0.5) is 0 Å². The van der Waals surface area contributed by atoms with Crippen molar-refractivity contribution in [1.29, 1.82) is 0 Å². The van der Waals surface area contributed by atoms with Gasteiger partial charge in [-0.05, 0) is 0 Å². The van der Waals surface area contributed by atoms with Gasteiger partial charge < -0.3 is 56.1 Å². The summed E-state index contributed by atoms with van der Waals surface area (Å²) in [6.07, 6.45) is -14.5. The lowest BCUT2D eigenvalue weighted by Gasteiger charge is -2.42. The average molecular weight is 380 g/mol. The van der Waals surface area contributed by atoms with Crippen LogP contribution in [0.3, 0.4) is 0 Å². The molecule has 12 heteroatoms. The first-order valence-corrected chi connectivity index (χ1v) is 7.09. The molecule has 11 nitrogen and oxygen atoms in total. The summed E-state index contributed by atoms with van der Waals surface area (Å²) in [6, 6.07) is 0. The van der Waals surface area contributed by atoms with Gasteiger partial charge in [0, 0.05) is 6.54 Å². The van der Waals surface area contributed by atoms with Crippen molar-refractivity contribution in [3.05, 3.63) is 0 Å². The molecule has 0 radical (unpaired) electrons. The van der Waals surface area contributed by atoms with Crippen molar-refractivity contribution in [3.63, 3.8) is 0 Å². The quantitative estimate of drug-likeness (QED) is 0.194. The van der Waals surface area contributed by atoms with Crippen LogP contribution in [0.1, 0.15) is 0 Å². The van der Waals surface area contributed by atoms with Gasteiger partial charge in [0.1, 0.15) is 42.7 Å². The van der Waals surface area contributed by atoms with Crippen molar-refractivity contribution < 1.29 is 50.3 Å². The molecule has 4 unspecified atom stereocenters. The standard InChI is InChI=1S/C12H25NO10.ClH/c13-1-4(16)7(18)11(5(17)2-14)23-12-10(21)9(20)8(19)6(3-15)22-12;/h4-12,14-21H,1-3,13H2;1H/t4?,5?,6-,7?,8+,9+,10-,11?,12+;/m1./s1. The second-order valence-corrected chi connectivity index (χ2v) is 5.34. The Morgan fingerprint density at radius 3 is 2.00 bits per heavy atom. The third-order valence-electron chi connectivity index (χ3n) is 3.68. The number of hydrogen-bond donors (Lipinski definition) is 9. The highest BCUT2D eigenvalue weighted by atomic mass is 35.5. The predicted molar refractivity (Wildman–Crippen MR) is 80.0 cm³/mol. The second kappa shape index (κ2) is 10.8. The number of nitrogens with two attached hydrogens (primary N) is 1. The maximum Gasteiger partial charge on any atom is 0.187 e. The molecule has 1 heterocycles. The number of aliphatic hydroxyl groups is 8. The van der Waals surface area contributed by atoms with E-state index in [9.17, 15) is 30.6 Å². The number of rotatable bonds is 8. The van der Waals surface area contributed by atoms with E-state index in [0.717, 1.165) is 0 Å². The summed E-state index contributed by atoms with van der Waals surface area (Å²) in [4.78, 5) is 0. The van der Waals surface area contributed by atoms with E-state index in [1.807, 2.05) is 0 Å². The predicted octanol–water partition coefficient (Wildman–Crippen LogP) is -5.37. The van der Waals surface area contributed by atoms with Crippen LogP contribution >= 0.6 is 12.4 Å². The molecule has 1 rings (SSSR count). The summed E-state index contributed by atoms with van der Waals surface area (Å²) in [5.41, 5.74) is 5.20. The fourth-order valence-electron chi connectivity index (χ4n) is 2.20. The Hall–Kier alpha value is -0.150. The van der Waals surface area contributed by atoms with E-state index in [1.165, 1.54) is 0 Å². The first kappa shape index (κ1) is 23.9. The van der Waals surface area contributed by atoms with Crippen molar-refractivity contribution in [2.45, 2.75) is 55.1 Å². The number of halogens is 1. The topological polar surface area (TPSA) is 206 Å². The van der Waals surface area contributed by atoms with Crippen LogP contribution < -0.4 is 5.73 Å². The van der Waals surface area contributed by atoms with E-state index < -0.39 is 68.3 Å². The van der Waals surface area contributed by atoms with E-state index in [-0.39, 0.29) is 19.0 Å². The zero-order valence-corrected chi connectivity index (χ0v) is 13.5. The lowest BCUT2D eigenvalue weighted by atomic mass is 9.98. The van der Waals surface area contributed by atoms with E-state index in [2.05, 4.69) is 0 Å². The van der Waals surface area contributed by atoms with Gasteiger partial charge in [0.2, 0.25) is 0 Å². The zero-order chi connectivity index (χ0) is 17.7. The van der Waals surface area contributed by atoms with Crippen molar-refractivity contribution in [2.24, 2.45) is 5.73 Å². The van der Waals surface area contributed by atoms with Gasteiger partial charge in [-0.15, -0.1) is 12.4 Å². The van der Waals surface area contributed by atoms with Gasteiger partial charge in [-0.25, -0.2) is 0 Å². The Morgan fingerprint density at radius 2 is 1.54 bits per heavy atom. The molecule has 0 aromatic heterocycles. The Bertz CT molecular complexity index is 352. The lowest BCUT2D eigenvalue weighted by molar-refractivity contribution is -0.327. The van der Waals surface area contributed by atoms with Crippen molar-refractivity contribution in [2.75, 3.05) is 19.8 Å². The van der Waals surface area contributed by atoms with Crippen LogP contribution in [0, 0.1) is 0 Å². The molecule has 0 aromatic carbocycles. The molecule has 9 atom stereocenters. The van der Waals surface area contributed by atoms with Crippen LogP contribution in [0.2, 0.25) is 0 Å². The highest BCUT2D eigenvalue weighted by Gasteiger charge is 2.46. The first-order chi connectivity index (χ1) is 10.8. The van der Waals surface area contributed by atoms with Gasteiger partial charge in [0.15, 0.2) is 6.29 Å². The lowest BCUT2D eigenvalue weighted by Crippen LogP contribution is -2.61. The minimum Gasteiger partial charge on any atom is -0.394 e. The molecule has 146 valence electrons. The van der Waals surface area contributed by atoms with Gasteiger partial charge in [0.05, 0.1) is 19.3 Å². The zero-order valence-electron chi connectivity index (χ0n) is 12.7. The molecule has 1 aliphatic heterocycles. The molecule has 10 N–H and O–H groups in total. The van der Waals surface area contributed by atoms with E-state index in [1.54, 1.807) is 0 Å². The molecule has 1 fully saturated rings. The molecule has 0 spiro atoms. The molecule has 1 saturated heterocycles. The molecule has 0 amide bonds. The van der Waals surface area contributed by atoms with E-state index in [0.29, 0.717) is 0 Å². The first-order valence-electron chi connectivity index (χ1n) is 7.09. The largest absolute Gasteiger partial charge is 0.394 e.